The predicted octanol–water partition coefficient (Wildman–Crippen LogP) is 0.306. The normalized spacial score (nSPS) is 24.7. The Morgan fingerprint density at radius 2 is 2.06 bits per heavy atom. The van der Waals surface area contributed by atoms with E-state index in [9.17, 15) is 24.3 Å². The fourth-order valence-electron chi connectivity index (χ4n) is 4.89. The van der Waals surface area contributed by atoms with Crippen LogP contribution >= 0.6 is 0 Å². The first-order valence-electron chi connectivity index (χ1n) is 11.0. The number of carbonyl (C=O) groups excluding carboxylic acids is 4. The number of hydrogen-bond donors (Lipinski definition) is 3. The number of aliphatic hydroxyl groups is 1. The van der Waals surface area contributed by atoms with Gasteiger partial charge in [0.25, 0.3) is 5.91 Å². The zero-order valence-electron chi connectivity index (χ0n) is 17.9. The predicted molar refractivity (Wildman–Crippen MR) is 114 cm³/mol. The van der Waals surface area contributed by atoms with E-state index < -0.39 is 18.1 Å². The molecule has 172 valence electrons. The number of amides is 4. The Balaban J connectivity index is 1.27. The molecule has 33 heavy (non-hydrogen) atoms. The number of hydrogen-bond acceptors (Lipinski definition) is 7. The summed E-state index contributed by atoms with van der Waals surface area (Å²) in [5.41, 5.74) is 2.23. The van der Waals surface area contributed by atoms with Crippen molar-refractivity contribution < 1.29 is 24.3 Å². The lowest BCUT2D eigenvalue weighted by molar-refractivity contribution is -0.137. The number of piperidine rings is 1. The van der Waals surface area contributed by atoms with Gasteiger partial charge in [-0.05, 0) is 31.4 Å². The minimum Gasteiger partial charge on any atom is -0.392 e. The Kier molecular flexibility index (Phi) is 5.41. The lowest BCUT2D eigenvalue weighted by Crippen LogP contribution is -2.52. The van der Waals surface area contributed by atoms with Gasteiger partial charge in [0, 0.05) is 41.9 Å². The van der Waals surface area contributed by atoms with Crippen LogP contribution < -0.4 is 10.6 Å². The first kappa shape index (κ1) is 21.3. The number of aliphatic hydroxyl groups excluding tert-OH is 1. The molecule has 1 unspecified atom stereocenters. The number of carbonyl (C=O) groups is 4. The Morgan fingerprint density at radius 3 is 2.82 bits per heavy atom. The second-order valence-electron chi connectivity index (χ2n) is 8.73. The van der Waals surface area contributed by atoms with E-state index in [1.807, 2.05) is 0 Å². The molecule has 1 saturated carbocycles. The SMILES string of the molecule is O=C1CCC(N2Cc3c(NC(=O)Cn4cc([C@@H]5CCC[C@H]5O)nn4)cccc3C2=O)C(=O)N1. The van der Waals surface area contributed by atoms with Gasteiger partial charge in [0.15, 0.2) is 0 Å². The van der Waals surface area contributed by atoms with Gasteiger partial charge in [0.2, 0.25) is 17.7 Å². The molecule has 3 aliphatic rings. The van der Waals surface area contributed by atoms with Crippen LogP contribution in [0.3, 0.4) is 0 Å². The van der Waals surface area contributed by atoms with Crippen molar-refractivity contribution in [2.24, 2.45) is 0 Å². The molecule has 11 nitrogen and oxygen atoms in total. The van der Waals surface area contributed by atoms with Crippen LogP contribution in [0.4, 0.5) is 5.69 Å². The average molecular weight is 452 g/mol. The number of nitrogens with one attached hydrogen (secondary N) is 2. The van der Waals surface area contributed by atoms with E-state index in [1.54, 1.807) is 24.4 Å². The van der Waals surface area contributed by atoms with Gasteiger partial charge < -0.3 is 15.3 Å². The van der Waals surface area contributed by atoms with Gasteiger partial charge in [0.05, 0.1) is 11.8 Å². The highest BCUT2D eigenvalue weighted by molar-refractivity contribution is 6.06. The van der Waals surface area contributed by atoms with E-state index >= 15 is 0 Å². The number of rotatable bonds is 5. The summed E-state index contributed by atoms with van der Waals surface area (Å²) in [6.45, 7) is 0.105. The molecule has 3 heterocycles. The summed E-state index contributed by atoms with van der Waals surface area (Å²) in [7, 11) is 0. The standard InChI is InChI=1S/C22H24N6O5/c29-18-6-2-4-13(18)16-10-27(26-25-16)11-20(31)23-15-5-1-3-12-14(15)9-28(22(12)33)17-7-8-19(30)24-21(17)32/h1,3,5,10,13,17-18,29H,2,4,6-9,11H2,(H,23,31)(H,24,30,32)/t13-,17?,18+/m0/s1. The molecule has 0 spiro atoms. The van der Waals surface area contributed by atoms with E-state index in [-0.39, 0.29) is 49.6 Å². The Bertz CT molecular complexity index is 1140. The van der Waals surface area contributed by atoms with E-state index in [0.717, 1.165) is 19.3 Å². The van der Waals surface area contributed by atoms with Crippen LogP contribution in [0.5, 0.6) is 0 Å². The Labute approximate surface area is 189 Å². The van der Waals surface area contributed by atoms with E-state index in [4.69, 9.17) is 0 Å². The van der Waals surface area contributed by atoms with Crippen LogP contribution in [-0.4, -0.2) is 60.8 Å². The zero-order valence-corrected chi connectivity index (χ0v) is 17.9. The second kappa shape index (κ2) is 8.39. The highest BCUT2D eigenvalue weighted by Crippen LogP contribution is 2.34. The van der Waals surface area contributed by atoms with Crippen molar-refractivity contribution in [3.8, 4) is 0 Å². The molecule has 0 bridgehead atoms. The third-order valence-corrected chi connectivity index (χ3v) is 6.58. The molecular weight excluding hydrogens is 428 g/mol. The molecule has 1 saturated heterocycles. The number of fused-ring (bicyclic) bond motifs is 1. The molecule has 2 fully saturated rings. The molecule has 4 amide bonds. The Morgan fingerprint density at radius 1 is 1.21 bits per heavy atom. The van der Waals surface area contributed by atoms with Crippen LogP contribution in [-0.2, 0) is 27.5 Å². The van der Waals surface area contributed by atoms with Crippen LogP contribution in [0, 0.1) is 0 Å². The van der Waals surface area contributed by atoms with Crippen LogP contribution in [0.1, 0.15) is 59.6 Å². The quantitative estimate of drug-likeness (QED) is 0.553. The van der Waals surface area contributed by atoms with Gasteiger partial charge in [-0.1, -0.05) is 17.7 Å². The summed E-state index contributed by atoms with van der Waals surface area (Å²) in [6.07, 6.45) is 4.23. The summed E-state index contributed by atoms with van der Waals surface area (Å²) in [5.74, 6) is -1.51. The second-order valence-corrected chi connectivity index (χ2v) is 8.73. The summed E-state index contributed by atoms with van der Waals surface area (Å²) in [5, 5.41) is 23.3. The van der Waals surface area contributed by atoms with Crippen molar-refractivity contribution in [1.82, 2.24) is 25.2 Å². The van der Waals surface area contributed by atoms with E-state index in [0.29, 0.717) is 22.5 Å². The van der Waals surface area contributed by atoms with Crippen molar-refractivity contribution in [3.63, 3.8) is 0 Å². The molecule has 3 N–H and O–H groups in total. The summed E-state index contributed by atoms with van der Waals surface area (Å²) < 4.78 is 1.43. The number of aromatic nitrogens is 3. The van der Waals surface area contributed by atoms with Crippen molar-refractivity contribution in [2.45, 2.75) is 63.3 Å². The smallest absolute Gasteiger partial charge is 0.255 e. The number of anilines is 1. The lowest BCUT2D eigenvalue weighted by atomic mass is 10.0. The highest BCUT2D eigenvalue weighted by Gasteiger charge is 2.40. The number of nitrogens with zero attached hydrogens (tertiary/aromatic N) is 4. The number of imide groups is 1. The van der Waals surface area contributed by atoms with E-state index in [1.165, 1.54) is 9.58 Å². The molecule has 1 aliphatic carbocycles. The largest absolute Gasteiger partial charge is 0.392 e. The highest BCUT2D eigenvalue weighted by atomic mass is 16.3. The van der Waals surface area contributed by atoms with Gasteiger partial charge in [0.1, 0.15) is 12.6 Å². The molecule has 11 heteroatoms. The summed E-state index contributed by atoms with van der Waals surface area (Å²) in [6, 6.07) is 4.33. The van der Waals surface area contributed by atoms with Crippen LogP contribution in [0.2, 0.25) is 0 Å². The minimum atomic E-state index is -0.717. The van der Waals surface area contributed by atoms with Gasteiger partial charge in [-0.3, -0.25) is 24.5 Å². The van der Waals surface area contributed by atoms with Crippen molar-refractivity contribution in [1.29, 1.82) is 0 Å². The monoisotopic (exact) mass is 452 g/mol. The van der Waals surface area contributed by atoms with Crippen molar-refractivity contribution in [2.75, 3.05) is 5.32 Å². The van der Waals surface area contributed by atoms with Gasteiger partial charge in [-0.25, -0.2) is 4.68 Å². The summed E-state index contributed by atoms with van der Waals surface area (Å²) >= 11 is 0. The van der Waals surface area contributed by atoms with Crippen LogP contribution in [0.25, 0.3) is 0 Å². The third-order valence-electron chi connectivity index (χ3n) is 6.58. The van der Waals surface area contributed by atoms with Crippen molar-refractivity contribution >= 4 is 29.3 Å². The molecule has 2 aromatic rings. The fourth-order valence-corrected chi connectivity index (χ4v) is 4.89. The van der Waals surface area contributed by atoms with E-state index in [2.05, 4.69) is 20.9 Å². The minimum absolute atomic E-state index is 0.0523. The first-order chi connectivity index (χ1) is 15.9. The third kappa shape index (κ3) is 3.99. The molecule has 0 radical (unpaired) electrons. The maximum Gasteiger partial charge on any atom is 0.255 e. The topological polar surface area (TPSA) is 147 Å². The van der Waals surface area contributed by atoms with Gasteiger partial charge >= 0.3 is 0 Å². The van der Waals surface area contributed by atoms with Gasteiger partial charge in [-0.2, -0.15) is 0 Å². The molecule has 1 aromatic carbocycles. The maximum atomic E-state index is 12.9. The van der Waals surface area contributed by atoms with Crippen molar-refractivity contribution in [3.05, 3.63) is 41.2 Å². The Hall–Kier alpha value is -3.60. The molecule has 5 rings (SSSR count). The van der Waals surface area contributed by atoms with Crippen LogP contribution in [0.15, 0.2) is 24.4 Å². The zero-order chi connectivity index (χ0) is 23.1. The average Bonchev–Trinajstić information content (AvgIpc) is 3.48. The lowest BCUT2D eigenvalue weighted by Gasteiger charge is -2.29. The molecule has 2 aliphatic heterocycles. The summed E-state index contributed by atoms with van der Waals surface area (Å²) in [4.78, 5) is 50.7. The van der Waals surface area contributed by atoms with Gasteiger partial charge in [-0.15, -0.1) is 5.10 Å². The maximum absolute atomic E-state index is 12.9. The number of benzene rings is 1. The first-order valence-corrected chi connectivity index (χ1v) is 11.0. The molecular formula is C22H24N6O5. The molecule has 1 aromatic heterocycles. The fraction of sp³-hybridized carbons (Fsp3) is 0.455. The molecule has 3 atom stereocenters.